The number of esters is 1. The van der Waals surface area contributed by atoms with Crippen LogP contribution in [0.2, 0.25) is 0 Å². The van der Waals surface area contributed by atoms with Crippen molar-refractivity contribution in [1.29, 1.82) is 0 Å². The SMILES string of the molecule is CC(C)COC(=O)c1ccc(OC2OC2C)cc1. The largest absolute Gasteiger partial charge is 0.462 e. The Morgan fingerprint density at radius 1 is 1.33 bits per heavy atom. The molecule has 4 heteroatoms. The first-order valence-electron chi connectivity index (χ1n) is 6.15. The van der Waals surface area contributed by atoms with Crippen LogP contribution in [0, 0.1) is 5.92 Å². The van der Waals surface area contributed by atoms with Gasteiger partial charge in [-0.25, -0.2) is 4.79 Å². The van der Waals surface area contributed by atoms with Gasteiger partial charge >= 0.3 is 5.97 Å². The van der Waals surface area contributed by atoms with Gasteiger partial charge in [0.1, 0.15) is 11.9 Å². The zero-order valence-electron chi connectivity index (χ0n) is 10.9. The van der Waals surface area contributed by atoms with Gasteiger partial charge in [0, 0.05) is 0 Å². The summed E-state index contributed by atoms with van der Waals surface area (Å²) >= 11 is 0. The molecule has 0 aliphatic carbocycles. The summed E-state index contributed by atoms with van der Waals surface area (Å²) in [7, 11) is 0. The number of hydrogen-bond donors (Lipinski definition) is 0. The zero-order valence-corrected chi connectivity index (χ0v) is 10.9. The summed E-state index contributed by atoms with van der Waals surface area (Å²) in [6.45, 7) is 6.38. The molecule has 0 bridgehead atoms. The van der Waals surface area contributed by atoms with Gasteiger partial charge in [-0.3, -0.25) is 0 Å². The lowest BCUT2D eigenvalue weighted by Crippen LogP contribution is -2.10. The smallest absolute Gasteiger partial charge is 0.338 e. The standard InChI is InChI=1S/C14H18O4/c1-9(2)8-16-13(15)11-4-6-12(7-5-11)18-14-10(3)17-14/h4-7,9-10,14H,8H2,1-3H3. The van der Waals surface area contributed by atoms with E-state index in [4.69, 9.17) is 14.2 Å². The van der Waals surface area contributed by atoms with Gasteiger partial charge in [0.2, 0.25) is 6.29 Å². The summed E-state index contributed by atoms with van der Waals surface area (Å²) in [4.78, 5) is 11.7. The Morgan fingerprint density at radius 3 is 2.44 bits per heavy atom. The highest BCUT2D eigenvalue weighted by molar-refractivity contribution is 5.89. The average Bonchev–Trinajstić information content (AvgIpc) is 3.03. The van der Waals surface area contributed by atoms with Gasteiger partial charge in [-0.1, -0.05) is 13.8 Å². The third kappa shape index (κ3) is 3.47. The van der Waals surface area contributed by atoms with Gasteiger partial charge in [0.05, 0.1) is 12.2 Å². The van der Waals surface area contributed by atoms with Crippen LogP contribution in [0.1, 0.15) is 31.1 Å². The predicted octanol–water partition coefficient (Wildman–Crippen LogP) is 2.62. The molecule has 2 rings (SSSR count). The summed E-state index contributed by atoms with van der Waals surface area (Å²) < 4.78 is 15.8. The molecule has 1 saturated heterocycles. The molecule has 0 aromatic heterocycles. The molecule has 2 atom stereocenters. The first-order chi connectivity index (χ1) is 8.56. The Hall–Kier alpha value is -1.55. The normalized spacial score (nSPS) is 21.8. The number of rotatable bonds is 5. The van der Waals surface area contributed by atoms with Crippen LogP contribution in [-0.2, 0) is 9.47 Å². The lowest BCUT2D eigenvalue weighted by Gasteiger charge is -2.07. The fraction of sp³-hybridized carbons (Fsp3) is 0.500. The third-order valence-corrected chi connectivity index (χ3v) is 2.55. The maximum atomic E-state index is 11.7. The molecule has 4 nitrogen and oxygen atoms in total. The molecular weight excluding hydrogens is 232 g/mol. The molecule has 98 valence electrons. The van der Waals surface area contributed by atoms with Crippen LogP contribution in [0.25, 0.3) is 0 Å². The molecule has 1 fully saturated rings. The van der Waals surface area contributed by atoms with Crippen molar-refractivity contribution in [3.63, 3.8) is 0 Å². The van der Waals surface area contributed by atoms with E-state index in [2.05, 4.69) is 0 Å². The summed E-state index contributed by atoms with van der Waals surface area (Å²) in [5.74, 6) is 0.737. The van der Waals surface area contributed by atoms with Gasteiger partial charge in [0.25, 0.3) is 0 Å². The van der Waals surface area contributed by atoms with Crippen molar-refractivity contribution in [2.24, 2.45) is 5.92 Å². The van der Waals surface area contributed by atoms with Crippen molar-refractivity contribution in [3.8, 4) is 5.75 Å². The number of carbonyl (C=O) groups is 1. The van der Waals surface area contributed by atoms with E-state index in [1.807, 2.05) is 20.8 Å². The van der Waals surface area contributed by atoms with Crippen LogP contribution in [0.15, 0.2) is 24.3 Å². The van der Waals surface area contributed by atoms with Crippen LogP contribution >= 0.6 is 0 Å². The van der Waals surface area contributed by atoms with E-state index in [0.29, 0.717) is 23.8 Å². The molecule has 1 aliphatic heterocycles. The van der Waals surface area contributed by atoms with Crippen molar-refractivity contribution < 1.29 is 19.0 Å². The van der Waals surface area contributed by atoms with E-state index < -0.39 is 0 Å². The van der Waals surface area contributed by atoms with Gasteiger partial charge in [-0.2, -0.15) is 0 Å². The number of carbonyl (C=O) groups excluding carboxylic acids is 1. The molecule has 18 heavy (non-hydrogen) atoms. The number of epoxide rings is 1. The van der Waals surface area contributed by atoms with Crippen LogP contribution < -0.4 is 4.74 Å². The van der Waals surface area contributed by atoms with E-state index in [9.17, 15) is 4.79 Å². The summed E-state index contributed by atoms with van der Waals surface area (Å²) in [5, 5.41) is 0. The third-order valence-electron chi connectivity index (χ3n) is 2.55. The van der Waals surface area contributed by atoms with Crippen LogP contribution in [-0.4, -0.2) is 25.0 Å². The second-order valence-corrected chi connectivity index (χ2v) is 4.84. The summed E-state index contributed by atoms with van der Waals surface area (Å²) in [5.41, 5.74) is 0.535. The van der Waals surface area contributed by atoms with Gasteiger partial charge < -0.3 is 14.2 Å². The van der Waals surface area contributed by atoms with Gasteiger partial charge in [-0.05, 0) is 37.1 Å². The molecule has 0 N–H and O–H groups in total. The molecule has 2 unspecified atom stereocenters. The highest BCUT2D eigenvalue weighted by Crippen LogP contribution is 2.25. The lowest BCUT2D eigenvalue weighted by atomic mass is 10.2. The second kappa shape index (κ2) is 5.40. The minimum absolute atomic E-state index is 0.149. The maximum Gasteiger partial charge on any atom is 0.338 e. The number of ether oxygens (including phenoxy) is 3. The van der Waals surface area contributed by atoms with Crippen molar-refractivity contribution in [3.05, 3.63) is 29.8 Å². The van der Waals surface area contributed by atoms with E-state index in [1.54, 1.807) is 24.3 Å². The molecule has 0 radical (unpaired) electrons. The fourth-order valence-corrected chi connectivity index (χ4v) is 1.42. The molecule has 1 aromatic carbocycles. The molecule has 1 aromatic rings. The Bertz CT molecular complexity index is 410. The Balaban J connectivity index is 1.88. The van der Waals surface area contributed by atoms with E-state index >= 15 is 0 Å². The topological polar surface area (TPSA) is 48.1 Å². The summed E-state index contributed by atoms with van der Waals surface area (Å²) in [6.07, 6.45) is 0.00410. The lowest BCUT2D eigenvalue weighted by molar-refractivity contribution is 0.0459. The molecule has 0 spiro atoms. The second-order valence-electron chi connectivity index (χ2n) is 4.84. The zero-order chi connectivity index (χ0) is 13.1. The number of benzene rings is 1. The van der Waals surface area contributed by atoms with E-state index in [0.717, 1.165) is 0 Å². The Kier molecular flexibility index (Phi) is 3.87. The molecule has 0 saturated carbocycles. The number of hydrogen-bond acceptors (Lipinski definition) is 4. The van der Waals surface area contributed by atoms with Gasteiger partial charge in [-0.15, -0.1) is 0 Å². The van der Waals surface area contributed by atoms with Crippen molar-refractivity contribution >= 4 is 5.97 Å². The van der Waals surface area contributed by atoms with Crippen molar-refractivity contribution in [2.75, 3.05) is 6.61 Å². The van der Waals surface area contributed by atoms with Gasteiger partial charge in [0.15, 0.2) is 0 Å². The monoisotopic (exact) mass is 250 g/mol. The molecule has 1 heterocycles. The quantitative estimate of drug-likeness (QED) is 0.595. The Labute approximate surface area is 107 Å². The maximum absolute atomic E-state index is 11.7. The fourth-order valence-electron chi connectivity index (χ4n) is 1.42. The van der Waals surface area contributed by atoms with Crippen LogP contribution in [0.3, 0.4) is 0 Å². The van der Waals surface area contributed by atoms with Crippen LogP contribution in [0.5, 0.6) is 5.75 Å². The molecule has 0 amide bonds. The van der Waals surface area contributed by atoms with Crippen molar-refractivity contribution in [2.45, 2.75) is 33.2 Å². The van der Waals surface area contributed by atoms with E-state index in [1.165, 1.54) is 0 Å². The van der Waals surface area contributed by atoms with E-state index in [-0.39, 0.29) is 18.4 Å². The molecular formula is C14H18O4. The highest BCUT2D eigenvalue weighted by atomic mass is 16.8. The predicted molar refractivity (Wildman–Crippen MR) is 66.5 cm³/mol. The van der Waals surface area contributed by atoms with Crippen molar-refractivity contribution in [1.82, 2.24) is 0 Å². The minimum atomic E-state index is -0.300. The first kappa shape index (κ1) is 12.9. The highest BCUT2D eigenvalue weighted by Gasteiger charge is 2.36. The first-order valence-corrected chi connectivity index (χ1v) is 6.15. The van der Waals surface area contributed by atoms with Crippen LogP contribution in [0.4, 0.5) is 0 Å². The molecule has 1 aliphatic rings. The Morgan fingerprint density at radius 2 is 1.94 bits per heavy atom. The average molecular weight is 250 g/mol. The summed E-state index contributed by atoms with van der Waals surface area (Å²) in [6, 6.07) is 6.90. The minimum Gasteiger partial charge on any atom is -0.462 e.